The quantitative estimate of drug-likeness (QED) is 0.481. The van der Waals surface area contributed by atoms with Gasteiger partial charge in [0.25, 0.3) is 0 Å². The topological polar surface area (TPSA) is 94.8 Å². The monoisotopic (exact) mass is 215 g/mol. The zero-order valence-electron chi connectivity index (χ0n) is 8.35. The van der Waals surface area contributed by atoms with Crippen molar-refractivity contribution in [2.45, 2.75) is 6.04 Å². The van der Waals surface area contributed by atoms with Gasteiger partial charge in [0.05, 0.1) is 23.3 Å². The maximum Gasteiger partial charge on any atom is 0.104 e. The first kappa shape index (κ1) is 10.4. The molecule has 0 aliphatic rings. The number of benzene rings is 1. The van der Waals surface area contributed by atoms with Crippen LogP contribution in [0.25, 0.3) is 21.5 Å². The number of azide groups is 1. The van der Waals surface area contributed by atoms with Crippen LogP contribution >= 0.6 is 0 Å². The molecule has 6 nitrogen and oxygen atoms in total. The molecule has 1 heterocycles. The Bertz CT molecular complexity index is 550. The molecule has 1 atom stereocenters. The van der Waals surface area contributed by atoms with Crippen molar-refractivity contribution in [2.24, 2.45) is 5.11 Å². The van der Waals surface area contributed by atoms with Crippen LogP contribution in [-0.2, 0) is 0 Å². The number of aliphatic hydroxyl groups is 1. The van der Waals surface area contributed by atoms with Crippen molar-refractivity contribution in [3.05, 3.63) is 46.6 Å². The number of rotatable bonds is 3. The lowest BCUT2D eigenvalue weighted by Gasteiger charge is -2.06. The van der Waals surface area contributed by atoms with Crippen LogP contribution in [0.2, 0.25) is 0 Å². The van der Waals surface area contributed by atoms with Crippen molar-refractivity contribution in [2.75, 3.05) is 6.61 Å². The van der Waals surface area contributed by atoms with Gasteiger partial charge in [-0.25, -0.2) is 4.98 Å². The van der Waals surface area contributed by atoms with Crippen molar-refractivity contribution in [3.63, 3.8) is 0 Å². The average Bonchev–Trinajstić information content (AvgIpc) is 2.35. The Kier molecular flexibility index (Phi) is 2.95. The SMILES string of the molecule is [N-]=[N+]=NC(CO)c1cnc2ccccc2n1. The maximum absolute atomic E-state index is 9.05. The Balaban J connectivity index is 2.49. The molecule has 0 saturated carbocycles. The highest BCUT2D eigenvalue weighted by molar-refractivity contribution is 5.73. The summed E-state index contributed by atoms with van der Waals surface area (Å²) in [5.74, 6) is 0. The summed E-state index contributed by atoms with van der Waals surface area (Å²) in [7, 11) is 0. The van der Waals surface area contributed by atoms with Crippen LogP contribution < -0.4 is 0 Å². The van der Waals surface area contributed by atoms with Gasteiger partial charge in [0.1, 0.15) is 6.04 Å². The summed E-state index contributed by atoms with van der Waals surface area (Å²) in [6, 6.07) is 6.70. The van der Waals surface area contributed by atoms with Crippen LogP contribution in [0.15, 0.2) is 35.6 Å². The Morgan fingerprint density at radius 2 is 2.12 bits per heavy atom. The molecular weight excluding hydrogens is 206 g/mol. The molecule has 0 saturated heterocycles. The number of aromatic nitrogens is 2. The van der Waals surface area contributed by atoms with Crippen molar-refractivity contribution in [1.82, 2.24) is 9.97 Å². The van der Waals surface area contributed by atoms with Crippen LogP contribution in [0.3, 0.4) is 0 Å². The number of para-hydroxylation sites is 2. The predicted molar refractivity (Wildman–Crippen MR) is 58.5 cm³/mol. The number of fused-ring (bicyclic) bond motifs is 1. The van der Waals surface area contributed by atoms with Gasteiger partial charge in [-0.1, -0.05) is 17.2 Å². The normalized spacial score (nSPS) is 12.1. The molecule has 1 aromatic heterocycles. The second kappa shape index (κ2) is 4.57. The molecule has 0 aliphatic heterocycles. The molecule has 0 bridgehead atoms. The van der Waals surface area contributed by atoms with Crippen molar-refractivity contribution < 1.29 is 5.11 Å². The minimum Gasteiger partial charge on any atom is -0.396 e. The molecule has 2 aromatic rings. The number of nitrogens with zero attached hydrogens (tertiary/aromatic N) is 5. The maximum atomic E-state index is 9.05. The van der Waals surface area contributed by atoms with Crippen molar-refractivity contribution in [1.29, 1.82) is 0 Å². The fraction of sp³-hybridized carbons (Fsp3) is 0.200. The average molecular weight is 215 g/mol. The summed E-state index contributed by atoms with van der Waals surface area (Å²) in [6.07, 6.45) is 1.51. The van der Waals surface area contributed by atoms with Gasteiger partial charge < -0.3 is 5.11 Å². The van der Waals surface area contributed by atoms with Gasteiger partial charge in [0.2, 0.25) is 0 Å². The Morgan fingerprint density at radius 1 is 1.38 bits per heavy atom. The molecule has 0 fully saturated rings. The third-order valence-electron chi connectivity index (χ3n) is 2.17. The van der Waals surface area contributed by atoms with Crippen LogP contribution in [0.4, 0.5) is 0 Å². The first-order valence-electron chi connectivity index (χ1n) is 4.72. The molecule has 0 radical (unpaired) electrons. The van der Waals surface area contributed by atoms with Crippen LogP contribution in [0, 0.1) is 0 Å². The van der Waals surface area contributed by atoms with Crippen LogP contribution in [0.1, 0.15) is 11.7 Å². The molecule has 0 spiro atoms. The second-order valence-corrected chi connectivity index (χ2v) is 3.19. The zero-order chi connectivity index (χ0) is 11.4. The molecule has 16 heavy (non-hydrogen) atoms. The lowest BCUT2D eigenvalue weighted by atomic mass is 10.2. The molecule has 6 heteroatoms. The van der Waals surface area contributed by atoms with E-state index in [9.17, 15) is 0 Å². The molecule has 2 rings (SSSR count). The molecule has 0 aliphatic carbocycles. The Labute approximate surface area is 91.2 Å². The van der Waals surface area contributed by atoms with E-state index >= 15 is 0 Å². The van der Waals surface area contributed by atoms with E-state index in [0.717, 1.165) is 5.52 Å². The lowest BCUT2D eigenvalue weighted by molar-refractivity contribution is 0.266. The van der Waals surface area contributed by atoms with E-state index in [2.05, 4.69) is 20.0 Å². The van der Waals surface area contributed by atoms with E-state index in [4.69, 9.17) is 10.6 Å². The number of hydrogen-bond donors (Lipinski definition) is 1. The molecule has 1 aromatic carbocycles. The van der Waals surface area contributed by atoms with Gasteiger partial charge >= 0.3 is 0 Å². The summed E-state index contributed by atoms with van der Waals surface area (Å²) in [5, 5.41) is 12.5. The minimum absolute atomic E-state index is 0.281. The number of aliphatic hydroxyl groups excluding tert-OH is 1. The Morgan fingerprint density at radius 3 is 2.81 bits per heavy atom. The Hall–Kier alpha value is -2.17. The van der Waals surface area contributed by atoms with E-state index < -0.39 is 6.04 Å². The van der Waals surface area contributed by atoms with E-state index in [1.807, 2.05) is 24.3 Å². The highest BCUT2D eigenvalue weighted by Crippen LogP contribution is 2.16. The highest BCUT2D eigenvalue weighted by Gasteiger charge is 2.10. The second-order valence-electron chi connectivity index (χ2n) is 3.19. The largest absolute Gasteiger partial charge is 0.396 e. The van der Waals surface area contributed by atoms with Crippen molar-refractivity contribution >= 4 is 11.0 Å². The third-order valence-corrected chi connectivity index (χ3v) is 2.17. The first-order chi connectivity index (χ1) is 7.85. The van der Waals surface area contributed by atoms with Gasteiger partial charge in [-0.15, -0.1) is 0 Å². The molecule has 1 unspecified atom stereocenters. The fourth-order valence-electron chi connectivity index (χ4n) is 1.38. The van der Waals surface area contributed by atoms with Crippen LogP contribution in [0.5, 0.6) is 0 Å². The summed E-state index contributed by atoms with van der Waals surface area (Å²) >= 11 is 0. The molecule has 1 N–H and O–H groups in total. The summed E-state index contributed by atoms with van der Waals surface area (Å²) in [6.45, 7) is -0.281. The molecular formula is C10H9N5O. The van der Waals surface area contributed by atoms with Crippen molar-refractivity contribution in [3.8, 4) is 0 Å². The minimum atomic E-state index is -0.679. The van der Waals surface area contributed by atoms with E-state index in [1.165, 1.54) is 6.20 Å². The highest BCUT2D eigenvalue weighted by atomic mass is 16.3. The van der Waals surface area contributed by atoms with E-state index in [0.29, 0.717) is 11.2 Å². The summed E-state index contributed by atoms with van der Waals surface area (Å²) < 4.78 is 0. The molecule has 80 valence electrons. The predicted octanol–water partition coefficient (Wildman–Crippen LogP) is 1.97. The van der Waals surface area contributed by atoms with Gasteiger partial charge in [-0.3, -0.25) is 4.98 Å². The third kappa shape index (κ3) is 1.93. The van der Waals surface area contributed by atoms with Gasteiger partial charge in [-0.05, 0) is 17.7 Å². The lowest BCUT2D eigenvalue weighted by Crippen LogP contribution is -2.03. The van der Waals surface area contributed by atoms with E-state index in [-0.39, 0.29) is 6.61 Å². The van der Waals surface area contributed by atoms with Gasteiger partial charge in [0.15, 0.2) is 0 Å². The van der Waals surface area contributed by atoms with Crippen LogP contribution in [-0.4, -0.2) is 21.7 Å². The van der Waals surface area contributed by atoms with Gasteiger partial charge in [-0.2, -0.15) is 0 Å². The smallest absolute Gasteiger partial charge is 0.104 e. The summed E-state index contributed by atoms with van der Waals surface area (Å²) in [4.78, 5) is 11.1. The van der Waals surface area contributed by atoms with E-state index in [1.54, 1.807) is 0 Å². The standard InChI is InChI=1S/C10H9N5O/c11-15-14-10(6-16)9-5-12-7-3-1-2-4-8(7)13-9/h1-5,10,16H,6H2. The first-order valence-corrected chi connectivity index (χ1v) is 4.72. The summed E-state index contributed by atoms with van der Waals surface area (Å²) in [5.41, 5.74) is 10.3. The van der Waals surface area contributed by atoms with Gasteiger partial charge in [0, 0.05) is 11.1 Å². The fourth-order valence-corrected chi connectivity index (χ4v) is 1.38. The molecule has 0 amide bonds. The zero-order valence-corrected chi connectivity index (χ0v) is 8.35. The number of hydrogen-bond acceptors (Lipinski definition) is 4.